The van der Waals surface area contributed by atoms with Crippen LogP contribution in [-0.4, -0.2) is 51.4 Å². The van der Waals surface area contributed by atoms with Gasteiger partial charge in [0.25, 0.3) is 5.91 Å². The quantitative estimate of drug-likeness (QED) is 0.285. The lowest BCUT2D eigenvalue weighted by Gasteiger charge is -2.34. The topological polar surface area (TPSA) is 71.5 Å². The van der Waals surface area contributed by atoms with E-state index in [1.54, 1.807) is 18.3 Å². The highest BCUT2D eigenvalue weighted by molar-refractivity contribution is 7.93. The molecule has 38 heavy (non-hydrogen) atoms. The summed E-state index contributed by atoms with van der Waals surface area (Å²) in [5.41, 5.74) is 4.78. The fourth-order valence-corrected chi connectivity index (χ4v) is 5.82. The first-order chi connectivity index (χ1) is 18.6. The maximum atomic E-state index is 13.1. The molecule has 1 aromatic heterocycles. The van der Waals surface area contributed by atoms with Crippen molar-refractivity contribution in [3.8, 4) is 0 Å². The molecule has 6 nitrogen and oxygen atoms in total. The number of nitrogens with one attached hydrogen (secondary N) is 1. The number of pyridine rings is 1. The first kappa shape index (κ1) is 26.2. The van der Waals surface area contributed by atoms with Gasteiger partial charge in [-0.05, 0) is 60.4 Å². The highest BCUT2D eigenvalue weighted by atomic mass is 32.2. The molecule has 1 fully saturated rings. The number of unbranched alkanes of at least 4 members (excludes halogenated alkanes) is 1. The molecule has 0 bridgehead atoms. The Hall–Kier alpha value is -3.39. The Bertz CT molecular complexity index is 1350. The fourth-order valence-electron chi connectivity index (χ4n) is 4.81. The molecule has 0 saturated carbocycles. The molecule has 3 aromatic carbocycles. The van der Waals surface area contributed by atoms with Crippen molar-refractivity contribution in [3.63, 3.8) is 0 Å². The van der Waals surface area contributed by atoms with E-state index in [9.17, 15) is 9.35 Å². The number of nitrogens with zero attached hydrogens (tertiary/aromatic N) is 3. The third-order valence-electron chi connectivity index (χ3n) is 7.05. The summed E-state index contributed by atoms with van der Waals surface area (Å²) >= 11 is -1.47. The second kappa shape index (κ2) is 12.4. The van der Waals surface area contributed by atoms with Crippen molar-refractivity contribution in [2.75, 3.05) is 30.9 Å². The Morgan fingerprint density at radius 3 is 2.37 bits per heavy atom. The van der Waals surface area contributed by atoms with Crippen molar-refractivity contribution >= 4 is 33.9 Å². The Balaban J connectivity index is 1.13. The van der Waals surface area contributed by atoms with Gasteiger partial charge in [-0.2, -0.15) is 0 Å². The van der Waals surface area contributed by atoms with E-state index in [4.69, 9.17) is 0 Å². The molecule has 1 unspecified atom stereocenters. The number of carbonyl (C=O) groups excluding carboxylic acids is 1. The molecule has 1 aliphatic rings. The predicted molar refractivity (Wildman–Crippen MR) is 154 cm³/mol. The Labute approximate surface area is 228 Å². The minimum atomic E-state index is -1.47. The monoisotopic (exact) mass is 526 g/mol. The van der Waals surface area contributed by atoms with Gasteiger partial charge in [-0.25, -0.2) is 4.72 Å². The zero-order valence-electron chi connectivity index (χ0n) is 21.8. The van der Waals surface area contributed by atoms with Crippen LogP contribution in [-0.2, 0) is 24.3 Å². The minimum absolute atomic E-state index is 0.0378. The number of hydrogen-bond acceptors (Lipinski definition) is 5. The van der Waals surface area contributed by atoms with Crippen LogP contribution in [0.5, 0.6) is 0 Å². The van der Waals surface area contributed by atoms with Crippen LogP contribution in [0.2, 0.25) is 0 Å². The Morgan fingerprint density at radius 1 is 0.921 bits per heavy atom. The summed E-state index contributed by atoms with van der Waals surface area (Å²) in [5, 5.41) is 0.946. The van der Waals surface area contributed by atoms with E-state index < -0.39 is 11.4 Å². The molecule has 0 spiro atoms. The van der Waals surface area contributed by atoms with Crippen LogP contribution in [0, 0.1) is 0 Å². The van der Waals surface area contributed by atoms with Crippen LogP contribution in [0.15, 0.2) is 90.0 Å². The molecule has 7 heteroatoms. The van der Waals surface area contributed by atoms with Crippen molar-refractivity contribution in [3.05, 3.63) is 102 Å². The van der Waals surface area contributed by atoms with Gasteiger partial charge in [0.2, 0.25) is 4.90 Å². The number of para-hydroxylation sites is 1. The van der Waals surface area contributed by atoms with Gasteiger partial charge < -0.3 is 9.45 Å². The fraction of sp³-hybridized carbons (Fsp3) is 0.290. The van der Waals surface area contributed by atoms with Crippen LogP contribution in [0.25, 0.3) is 10.9 Å². The van der Waals surface area contributed by atoms with Gasteiger partial charge >= 0.3 is 0 Å². The highest BCUT2D eigenvalue weighted by Gasteiger charge is 2.23. The average Bonchev–Trinajstić information content (AvgIpc) is 2.97. The van der Waals surface area contributed by atoms with Gasteiger partial charge in [0.15, 0.2) is 0 Å². The van der Waals surface area contributed by atoms with E-state index in [1.165, 1.54) is 24.0 Å². The average molecular weight is 527 g/mol. The molecule has 5 rings (SSSR count). The summed E-state index contributed by atoms with van der Waals surface area (Å²) in [5.74, 6) is 0.0378. The van der Waals surface area contributed by atoms with Gasteiger partial charge in [-0.15, -0.1) is 0 Å². The van der Waals surface area contributed by atoms with Crippen LogP contribution in [0.3, 0.4) is 0 Å². The van der Waals surface area contributed by atoms with E-state index in [0.717, 1.165) is 37.0 Å². The van der Waals surface area contributed by atoms with E-state index in [0.29, 0.717) is 29.2 Å². The Kier molecular flexibility index (Phi) is 8.58. The van der Waals surface area contributed by atoms with Gasteiger partial charge in [0.05, 0.1) is 5.69 Å². The van der Waals surface area contributed by atoms with Crippen LogP contribution in [0.4, 0.5) is 5.69 Å². The molecule has 1 atom stereocenters. The van der Waals surface area contributed by atoms with Crippen LogP contribution < -0.4 is 4.72 Å². The standard InChI is InChI=1S/C31H34N4O2S/c1-2-3-6-24-10-12-25(13-11-24)23-34-19-21-35(22-20-34)31(36)27-14-16-28(17-15-27)33-38(37)29-9-4-7-26-8-5-18-32-30(26)29/h4-5,7-18,33H,2-3,6,19-23H2,1H3. The van der Waals surface area contributed by atoms with E-state index in [1.807, 2.05) is 47.4 Å². The molecule has 0 radical (unpaired) electrons. The SMILES string of the molecule is CCCCc1ccc(CN2CCN(C(=O)c3ccc(N[S+]([O-])c4cccc5cccnc45)cc3)CC2)cc1. The van der Waals surface area contributed by atoms with Gasteiger partial charge in [0.1, 0.15) is 16.9 Å². The van der Waals surface area contributed by atoms with Crippen molar-refractivity contribution in [2.24, 2.45) is 0 Å². The number of aromatic nitrogens is 1. The number of aryl methyl sites for hydroxylation is 1. The second-order valence-corrected chi connectivity index (χ2v) is 10.9. The summed E-state index contributed by atoms with van der Waals surface area (Å²) in [6.07, 6.45) is 5.30. The van der Waals surface area contributed by atoms with Gasteiger partial charge in [-0.1, -0.05) is 55.8 Å². The number of piperazine rings is 1. The first-order valence-electron chi connectivity index (χ1n) is 13.3. The molecular formula is C31H34N4O2S. The molecule has 1 amide bonds. The van der Waals surface area contributed by atoms with Gasteiger partial charge in [0, 0.05) is 49.9 Å². The second-order valence-electron chi connectivity index (χ2n) is 9.77. The van der Waals surface area contributed by atoms with Gasteiger partial charge in [-0.3, -0.25) is 14.7 Å². The number of carbonyl (C=O) groups is 1. The molecular weight excluding hydrogens is 492 g/mol. The largest absolute Gasteiger partial charge is 0.588 e. The zero-order chi connectivity index (χ0) is 26.3. The number of hydrogen-bond donors (Lipinski definition) is 1. The van der Waals surface area contributed by atoms with Crippen molar-refractivity contribution in [1.29, 1.82) is 0 Å². The smallest absolute Gasteiger partial charge is 0.253 e. The summed E-state index contributed by atoms with van der Waals surface area (Å²) in [4.78, 5) is 22.5. The van der Waals surface area contributed by atoms with E-state index >= 15 is 0 Å². The van der Waals surface area contributed by atoms with Crippen LogP contribution in [0.1, 0.15) is 41.3 Å². The molecule has 1 saturated heterocycles. The summed E-state index contributed by atoms with van der Waals surface area (Å²) < 4.78 is 16.0. The number of fused-ring (bicyclic) bond motifs is 1. The maximum Gasteiger partial charge on any atom is 0.253 e. The number of benzene rings is 3. The molecule has 0 aliphatic carbocycles. The van der Waals surface area contributed by atoms with E-state index in [-0.39, 0.29) is 5.91 Å². The molecule has 1 aliphatic heterocycles. The third-order valence-corrected chi connectivity index (χ3v) is 8.20. The summed E-state index contributed by atoms with van der Waals surface area (Å²) in [7, 11) is 0. The maximum absolute atomic E-state index is 13.1. The lowest BCUT2D eigenvalue weighted by atomic mass is 10.1. The number of anilines is 1. The van der Waals surface area contributed by atoms with Crippen molar-refractivity contribution in [2.45, 2.75) is 37.6 Å². The van der Waals surface area contributed by atoms with Crippen molar-refractivity contribution < 1.29 is 9.35 Å². The lowest BCUT2D eigenvalue weighted by Crippen LogP contribution is -2.48. The van der Waals surface area contributed by atoms with E-state index in [2.05, 4.69) is 45.8 Å². The minimum Gasteiger partial charge on any atom is -0.588 e. The molecule has 1 N–H and O–H groups in total. The molecule has 196 valence electrons. The molecule has 2 heterocycles. The highest BCUT2D eigenvalue weighted by Crippen LogP contribution is 2.24. The van der Waals surface area contributed by atoms with Crippen molar-refractivity contribution in [1.82, 2.24) is 14.8 Å². The predicted octanol–water partition coefficient (Wildman–Crippen LogP) is 5.67. The zero-order valence-corrected chi connectivity index (χ0v) is 22.6. The lowest BCUT2D eigenvalue weighted by molar-refractivity contribution is 0.0628. The number of rotatable bonds is 9. The summed E-state index contributed by atoms with van der Waals surface area (Å²) in [6.45, 7) is 6.29. The Morgan fingerprint density at radius 2 is 1.63 bits per heavy atom. The molecule has 4 aromatic rings. The summed E-state index contributed by atoms with van der Waals surface area (Å²) in [6, 6.07) is 25.7. The number of amides is 1. The first-order valence-corrected chi connectivity index (χ1v) is 14.5. The normalized spacial score (nSPS) is 14.9. The van der Waals surface area contributed by atoms with Crippen LogP contribution >= 0.6 is 0 Å². The third kappa shape index (κ3) is 6.35.